The summed E-state index contributed by atoms with van der Waals surface area (Å²) in [5, 5.41) is 0. The third-order valence-electron chi connectivity index (χ3n) is 1.31. The highest BCUT2D eigenvalue weighted by Gasteiger charge is 1.95. The fourth-order valence-corrected chi connectivity index (χ4v) is 2.88. The number of alkyl halides is 1. The van der Waals surface area contributed by atoms with Crippen LogP contribution >= 0.6 is 54.5 Å². The van der Waals surface area contributed by atoms with Gasteiger partial charge in [-0.05, 0) is 30.2 Å². The maximum Gasteiger partial charge on any atom is 0.0189 e. The normalized spacial score (nSPS) is 10.1. The van der Waals surface area contributed by atoms with Crippen LogP contribution in [-0.4, -0.2) is 4.43 Å². The molecule has 0 aromatic heterocycles. The minimum atomic E-state index is 1.14. The van der Waals surface area contributed by atoms with Crippen molar-refractivity contribution in [1.29, 1.82) is 0 Å². The van der Waals surface area contributed by atoms with Crippen molar-refractivity contribution in [2.75, 3.05) is 4.43 Å². The highest BCUT2D eigenvalue weighted by molar-refractivity contribution is 14.1. The van der Waals surface area contributed by atoms with Gasteiger partial charge in [0.15, 0.2) is 0 Å². The average molecular weight is 390 g/mol. The van der Waals surface area contributed by atoms with Crippen molar-refractivity contribution in [3.8, 4) is 0 Å². The van der Waals surface area contributed by atoms with E-state index >= 15 is 0 Å². The molecule has 0 bridgehead atoms. The quantitative estimate of drug-likeness (QED) is 0.525. The van der Waals surface area contributed by atoms with E-state index in [9.17, 15) is 0 Å². The van der Waals surface area contributed by atoms with Crippen molar-refractivity contribution in [3.63, 3.8) is 0 Å². The van der Waals surface area contributed by atoms with Crippen molar-refractivity contribution in [2.24, 2.45) is 0 Å². The Labute approximate surface area is 97.2 Å². The van der Waals surface area contributed by atoms with Gasteiger partial charge in [-0.1, -0.05) is 54.5 Å². The Morgan fingerprint density at radius 2 is 1.64 bits per heavy atom. The van der Waals surface area contributed by atoms with E-state index in [4.69, 9.17) is 0 Å². The second kappa shape index (κ2) is 4.82. The molecule has 0 aliphatic rings. The van der Waals surface area contributed by atoms with Crippen LogP contribution in [0.5, 0.6) is 0 Å². The van der Waals surface area contributed by atoms with Gasteiger partial charge in [0.05, 0.1) is 0 Å². The van der Waals surface area contributed by atoms with Crippen molar-refractivity contribution < 1.29 is 0 Å². The van der Waals surface area contributed by atoms with E-state index in [2.05, 4.69) is 72.6 Å². The van der Waals surface area contributed by atoms with Gasteiger partial charge in [0.1, 0.15) is 0 Å². The van der Waals surface area contributed by atoms with Crippen LogP contribution in [0.15, 0.2) is 27.1 Å². The van der Waals surface area contributed by atoms with Crippen LogP contribution in [0.3, 0.4) is 0 Å². The summed E-state index contributed by atoms with van der Waals surface area (Å²) in [6.45, 7) is 0. The second-order valence-corrected chi connectivity index (χ2v) is 5.13. The van der Waals surface area contributed by atoms with Crippen LogP contribution in [0.2, 0.25) is 0 Å². The summed E-state index contributed by atoms with van der Waals surface area (Å²) in [4.78, 5) is 0. The molecule has 0 atom stereocenters. The standard InChI is InChI=1S/C8H7Br2I/c9-7-3-6(1-2-11)4-8(10)5-7/h3-5H,1-2H2. The fraction of sp³-hybridized carbons (Fsp3) is 0.250. The Morgan fingerprint density at radius 1 is 1.09 bits per heavy atom. The van der Waals surface area contributed by atoms with Crippen molar-refractivity contribution >= 4 is 54.5 Å². The highest BCUT2D eigenvalue weighted by Crippen LogP contribution is 2.20. The molecule has 1 rings (SSSR count). The summed E-state index contributed by atoms with van der Waals surface area (Å²) in [5.41, 5.74) is 1.38. The lowest BCUT2D eigenvalue weighted by molar-refractivity contribution is 1.17. The van der Waals surface area contributed by atoms with Gasteiger partial charge in [-0.2, -0.15) is 0 Å². The number of halogens is 3. The number of aryl methyl sites for hydroxylation is 1. The van der Waals surface area contributed by atoms with Crippen molar-refractivity contribution in [3.05, 3.63) is 32.7 Å². The first-order chi connectivity index (χ1) is 5.22. The fourth-order valence-electron chi connectivity index (χ4n) is 0.864. The summed E-state index contributed by atoms with van der Waals surface area (Å²) in [5.74, 6) is 0. The van der Waals surface area contributed by atoms with E-state index in [0.29, 0.717) is 0 Å². The molecule has 0 aliphatic carbocycles. The Bertz CT molecular complexity index is 228. The van der Waals surface area contributed by atoms with Gasteiger partial charge in [0.25, 0.3) is 0 Å². The first kappa shape index (κ1) is 9.99. The molecule has 0 aliphatic heterocycles. The summed E-state index contributed by atoms with van der Waals surface area (Å²) >= 11 is 9.28. The molecule has 0 nitrogen and oxygen atoms in total. The van der Waals surface area contributed by atoms with Gasteiger partial charge in [-0.25, -0.2) is 0 Å². The molecule has 0 N–H and O–H groups in total. The van der Waals surface area contributed by atoms with Gasteiger partial charge < -0.3 is 0 Å². The Morgan fingerprint density at radius 3 is 2.09 bits per heavy atom. The third kappa shape index (κ3) is 3.42. The van der Waals surface area contributed by atoms with E-state index in [-0.39, 0.29) is 0 Å². The first-order valence-corrected chi connectivity index (χ1v) is 6.34. The topological polar surface area (TPSA) is 0 Å². The lowest BCUT2D eigenvalue weighted by Gasteiger charge is -1.99. The molecule has 11 heavy (non-hydrogen) atoms. The highest BCUT2D eigenvalue weighted by atomic mass is 127. The predicted molar refractivity (Wildman–Crippen MR) is 64.4 cm³/mol. The molecule has 60 valence electrons. The van der Waals surface area contributed by atoms with Crippen LogP contribution in [-0.2, 0) is 6.42 Å². The largest absolute Gasteiger partial charge is 0.0860 e. The average Bonchev–Trinajstić information content (AvgIpc) is 1.85. The van der Waals surface area contributed by atoms with Crippen molar-refractivity contribution in [2.45, 2.75) is 6.42 Å². The van der Waals surface area contributed by atoms with Gasteiger partial charge in [-0.15, -0.1) is 0 Å². The van der Waals surface area contributed by atoms with E-state index in [1.165, 1.54) is 9.99 Å². The first-order valence-electron chi connectivity index (χ1n) is 3.23. The molecule has 0 fully saturated rings. The zero-order valence-electron chi connectivity index (χ0n) is 5.78. The Kier molecular flexibility index (Phi) is 4.38. The zero-order valence-corrected chi connectivity index (χ0v) is 11.1. The number of rotatable bonds is 2. The Balaban J connectivity index is 2.89. The van der Waals surface area contributed by atoms with E-state index in [1.54, 1.807) is 0 Å². The molecule has 0 radical (unpaired) electrons. The molecule has 0 amide bonds. The minimum absolute atomic E-state index is 1.14. The molecular weight excluding hydrogens is 383 g/mol. The SMILES string of the molecule is Brc1cc(Br)cc(CCI)c1. The lowest BCUT2D eigenvalue weighted by atomic mass is 10.2. The summed E-state index contributed by atoms with van der Waals surface area (Å²) < 4.78 is 3.46. The second-order valence-electron chi connectivity index (χ2n) is 2.22. The van der Waals surface area contributed by atoms with Crippen LogP contribution in [0.4, 0.5) is 0 Å². The van der Waals surface area contributed by atoms with Gasteiger partial charge in [0.2, 0.25) is 0 Å². The Hall–Kier alpha value is 0.910. The monoisotopic (exact) mass is 388 g/mol. The third-order valence-corrected chi connectivity index (χ3v) is 2.76. The number of benzene rings is 1. The van der Waals surface area contributed by atoms with Crippen LogP contribution < -0.4 is 0 Å². The van der Waals surface area contributed by atoms with E-state index in [0.717, 1.165) is 15.4 Å². The molecule has 3 heteroatoms. The van der Waals surface area contributed by atoms with E-state index in [1.807, 2.05) is 0 Å². The van der Waals surface area contributed by atoms with Gasteiger partial charge in [0, 0.05) is 13.4 Å². The molecule has 1 aromatic carbocycles. The van der Waals surface area contributed by atoms with Crippen LogP contribution in [0, 0.1) is 0 Å². The summed E-state index contributed by atoms with van der Waals surface area (Å²) in [7, 11) is 0. The minimum Gasteiger partial charge on any atom is -0.0860 e. The van der Waals surface area contributed by atoms with Crippen molar-refractivity contribution in [1.82, 2.24) is 0 Å². The molecule has 0 heterocycles. The lowest BCUT2D eigenvalue weighted by Crippen LogP contribution is -1.84. The van der Waals surface area contributed by atoms with Crippen LogP contribution in [0.1, 0.15) is 5.56 Å². The molecule has 1 aromatic rings. The van der Waals surface area contributed by atoms with Gasteiger partial charge in [-0.3, -0.25) is 0 Å². The summed E-state index contributed by atoms with van der Waals surface area (Å²) in [6, 6.07) is 6.36. The van der Waals surface area contributed by atoms with E-state index < -0.39 is 0 Å². The smallest absolute Gasteiger partial charge is 0.0189 e. The molecule has 0 unspecified atom stereocenters. The molecule has 0 saturated heterocycles. The zero-order chi connectivity index (χ0) is 8.27. The number of hydrogen-bond acceptors (Lipinski definition) is 0. The summed E-state index contributed by atoms with van der Waals surface area (Å²) in [6.07, 6.45) is 1.14. The molecule has 0 saturated carbocycles. The molecular formula is C8H7Br2I. The number of hydrogen-bond donors (Lipinski definition) is 0. The van der Waals surface area contributed by atoms with Crippen LogP contribution in [0.25, 0.3) is 0 Å². The predicted octanol–water partition coefficient (Wildman–Crippen LogP) is 4.19. The maximum atomic E-state index is 3.45. The maximum absolute atomic E-state index is 3.45. The molecule has 0 spiro atoms. The van der Waals surface area contributed by atoms with Gasteiger partial charge >= 0.3 is 0 Å².